The number of ether oxygens (including phenoxy) is 2. The molecule has 148 valence electrons. The van der Waals surface area contributed by atoms with E-state index in [0.29, 0.717) is 0 Å². The van der Waals surface area contributed by atoms with E-state index in [9.17, 15) is 0 Å². The van der Waals surface area contributed by atoms with Crippen LogP contribution in [0, 0.1) is 0 Å². The average molecular weight is 496 g/mol. The molecule has 0 radical (unpaired) electrons. The topological polar surface area (TPSA) is 54.9 Å². The third kappa shape index (κ3) is 6.87. The quantitative estimate of drug-likeness (QED) is 0.250. The highest BCUT2D eigenvalue weighted by molar-refractivity contribution is 14.0. The Balaban J connectivity index is 0.00000338. The third-order valence-electron chi connectivity index (χ3n) is 4.67. The van der Waals surface area contributed by atoms with Crippen molar-refractivity contribution in [3.8, 4) is 0 Å². The van der Waals surface area contributed by atoms with Crippen molar-refractivity contribution in [2.75, 3.05) is 46.6 Å². The first-order valence-corrected chi connectivity index (χ1v) is 9.44. The van der Waals surface area contributed by atoms with E-state index in [4.69, 9.17) is 21.1 Å². The van der Waals surface area contributed by atoms with Gasteiger partial charge in [0.25, 0.3) is 0 Å². The summed E-state index contributed by atoms with van der Waals surface area (Å²) in [4.78, 5) is 4.33. The number of guanidine groups is 1. The molecule has 0 bridgehead atoms. The van der Waals surface area contributed by atoms with Crippen LogP contribution >= 0.6 is 35.6 Å². The highest BCUT2D eigenvalue weighted by atomic mass is 127. The van der Waals surface area contributed by atoms with Gasteiger partial charge >= 0.3 is 0 Å². The Bertz CT molecular complexity index is 551. The molecular formula is C19H31ClIN3O2. The van der Waals surface area contributed by atoms with E-state index >= 15 is 0 Å². The minimum absolute atomic E-state index is 0. The van der Waals surface area contributed by atoms with Crippen LogP contribution in [0.15, 0.2) is 29.3 Å². The van der Waals surface area contributed by atoms with E-state index in [0.717, 1.165) is 69.8 Å². The van der Waals surface area contributed by atoms with E-state index in [1.54, 1.807) is 7.05 Å². The lowest BCUT2D eigenvalue weighted by Gasteiger charge is -2.38. The molecule has 1 aliphatic heterocycles. The molecule has 0 spiro atoms. The van der Waals surface area contributed by atoms with E-state index in [1.165, 1.54) is 5.56 Å². The Labute approximate surface area is 179 Å². The van der Waals surface area contributed by atoms with Gasteiger partial charge in [-0.05, 0) is 37.8 Å². The molecule has 7 heteroatoms. The Morgan fingerprint density at radius 2 is 2.00 bits per heavy atom. The molecule has 1 aliphatic rings. The van der Waals surface area contributed by atoms with Crippen molar-refractivity contribution in [3.05, 3.63) is 34.9 Å². The van der Waals surface area contributed by atoms with Crippen LogP contribution < -0.4 is 10.6 Å². The van der Waals surface area contributed by atoms with Crippen molar-refractivity contribution in [1.29, 1.82) is 0 Å². The zero-order chi connectivity index (χ0) is 18.0. The van der Waals surface area contributed by atoms with Crippen LogP contribution in [0.1, 0.15) is 31.7 Å². The molecule has 0 aromatic heterocycles. The molecule has 0 amide bonds. The summed E-state index contributed by atoms with van der Waals surface area (Å²) >= 11 is 6.50. The molecule has 1 fully saturated rings. The Kier molecular flexibility index (Phi) is 11.5. The zero-order valence-corrected chi connectivity index (χ0v) is 18.8. The summed E-state index contributed by atoms with van der Waals surface area (Å²) in [6.45, 7) is 6.67. The standard InChI is InChI=1S/C19H30ClN3O2.HI/c1-3-24-12-6-11-22-18(21-2)23-15-19(9-13-25-14-10-19)16-7-4-5-8-17(16)20;/h4-5,7-8H,3,6,9-15H2,1-2H3,(H2,21,22,23);1H. The number of rotatable bonds is 8. The molecule has 0 atom stereocenters. The molecule has 2 rings (SSSR count). The van der Waals surface area contributed by atoms with Crippen LogP contribution in [0.3, 0.4) is 0 Å². The fourth-order valence-corrected chi connectivity index (χ4v) is 3.53. The summed E-state index contributed by atoms with van der Waals surface area (Å²) < 4.78 is 11.0. The first-order chi connectivity index (χ1) is 12.2. The van der Waals surface area contributed by atoms with Gasteiger partial charge in [-0.2, -0.15) is 0 Å². The molecule has 0 unspecified atom stereocenters. The molecule has 1 aromatic rings. The lowest BCUT2D eigenvalue weighted by Crippen LogP contribution is -2.48. The lowest BCUT2D eigenvalue weighted by atomic mass is 9.74. The van der Waals surface area contributed by atoms with Gasteiger partial charge in [0.2, 0.25) is 0 Å². The number of aliphatic imine (C=N–C) groups is 1. The number of hydrogen-bond acceptors (Lipinski definition) is 3. The van der Waals surface area contributed by atoms with Gasteiger partial charge < -0.3 is 20.1 Å². The molecule has 2 N–H and O–H groups in total. The minimum atomic E-state index is -0.0282. The van der Waals surface area contributed by atoms with Crippen molar-refractivity contribution in [2.45, 2.75) is 31.6 Å². The minimum Gasteiger partial charge on any atom is -0.382 e. The summed E-state index contributed by atoms with van der Waals surface area (Å²) in [5.74, 6) is 0.814. The zero-order valence-electron chi connectivity index (χ0n) is 15.7. The van der Waals surface area contributed by atoms with E-state index in [2.05, 4.69) is 27.8 Å². The van der Waals surface area contributed by atoms with Gasteiger partial charge in [-0.1, -0.05) is 29.8 Å². The maximum absolute atomic E-state index is 6.50. The van der Waals surface area contributed by atoms with Crippen LogP contribution in [-0.4, -0.2) is 52.5 Å². The van der Waals surface area contributed by atoms with Crippen LogP contribution in [-0.2, 0) is 14.9 Å². The largest absolute Gasteiger partial charge is 0.382 e. The second-order valence-electron chi connectivity index (χ2n) is 6.28. The van der Waals surface area contributed by atoms with Gasteiger partial charge in [-0.15, -0.1) is 24.0 Å². The fraction of sp³-hybridized carbons (Fsp3) is 0.632. The highest BCUT2D eigenvalue weighted by Gasteiger charge is 2.36. The number of halogens is 2. The van der Waals surface area contributed by atoms with Crippen LogP contribution in [0.4, 0.5) is 0 Å². The third-order valence-corrected chi connectivity index (χ3v) is 5.00. The fourth-order valence-electron chi connectivity index (χ4n) is 3.19. The molecule has 0 aliphatic carbocycles. The number of hydrogen-bond donors (Lipinski definition) is 2. The molecule has 1 aromatic carbocycles. The van der Waals surface area contributed by atoms with Crippen molar-refractivity contribution in [2.24, 2.45) is 4.99 Å². The van der Waals surface area contributed by atoms with Gasteiger partial charge in [0.1, 0.15) is 0 Å². The molecular weight excluding hydrogens is 465 g/mol. The molecule has 1 saturated heterocycles. The SMILES string of the molecule is CCOCCCNC(=NC)NCC1(c2ccccc2Cl)CCOCC1.I. The van der Waals surface area contributed by atoms with Crippen molar-refractivity contribution < 1.29 is 9.47 Å². The van der Waals surface area contributed by atoms with Crippen molar-refractivity contribution in [3.63, 3.8) is 0 Å². The van der Waals surface area contributed by atoms with E-state index in [1.807, 2.05) is 19.1 Å². The molecule has 5 nitrogen and oxygen atoms in total. The van der Waals surface area contributed by atoms with E-state index < -0.39 is 0 Å². The monoisotopic (exact) mass is 495 g/mol. The summed E-state index contributed by atoms with van der Waals surface area (Å²) in [6.07, 6.45) is 2.86. The number of nitrogens with one attached hydrogen (secondary N) is 2. The summed E-state index contributed by atoms with van der Waals surface area (Å²) in [7, 11) is 1.80. The maximum atomic E-state index is 6.50. The first-order valence-electron chi connectivity index (χ1n) is 9.07. The predicted molar refractivity (Wildman–Crippen MR) is 119 cm³/mol. The van der Waals surface area contributed by atoms with Crippen LogP contribution in [0.2, 0.25) is 5.02 Å². The highest BCUT2D eigenvalue weighted by Crippen LogP contribution is 2.38. The lowest BCUT2D eigenvalue weighted by molar-refractivity contribution is 0.0514. The van der Waals surface area contributed by atoms with Gasteiger partial charge in [0.15, 0.2) is 5.96 Å². The Hall–Kier alpha value is -0.570. The molecule has 0 saturated carbocycles. The van der Waals surface area contributed by atoms with Crippen molar-refractivity contribution in [1.82, 2.24) is 10.6 Å². The Morgan fingerprint density at radius 3 is 2.65 bits per heavy atom. The van der Waals surface area contributed by atoms with Crippen molar-refractivity contribution >= 4 is 41.5 Å². The average Bonchev–Trinajstić information content (AvgIpc) is 2.65. The van der Waals surface area contributed by atoms with Gasteiger partial charge in [-0.25, -0.2) is 0 Å². The van der Waals surface area contributed by atoms with E-state index in [-0.39, 0.29) is 29.4 Å². The summed E-state index contributed by atoms with van der Waals surface area (Å²) in [5, 5.41) is 7.65. The molecule has 1 heterocycles. The maximum Gasteiger partial charge on any atom is 0.191 e. The van der Waals surface area contributed by atoms with Crippen LogP contribution in [0.25, 0.3) is 0 Å². The van der Waals surface area contributed by atoms with Gasteiger partial charge in [0, 0.05) is 57.0 Å². The summed E-state index contributed by atoms with van der Waals surface area (Å²) in [5.41, 5.74) is 1.17. The number of benzene rings is 1. The summed E-state index contributed by atoms with van der Waals surface area (Å²) in [6, 6.07) is 8.13. The Morgan fingerprint density at radius 1 is 1.27 bits per heavy atom. The normalized spacial score (nSPS) is 16.7. The second-order valence-corrected chi connectivity index (χ2v) is 6.68. The van der Waals surface area contributed by atoms with Gasteiger partial charge in [0.05, 0.1) is 0 Å². The second kappa shape index (κ2) is 12.8. The molecule has 26 heavy (non-hydrogen) atoms. The van der Waals surface area contributed by atoms with Gasteiger partial charge in [-0.3, -0.25) is 4.99 Å². The first kappa shape index (κ1) is 23.5. The smallest absolute Gasteiger partial charge is 0.191 e. The van der Waals surface area contributed by atoms with Crippen LogP contribution in [0.5, 0.6) is 0 Å². The number of nitrogens with zero attached hydrogens (tertiary/aromatic N) is 1. The predicted octanol–water partition coefficient (Wildman–Crippen LogP) is 3.60.